The summed E-state index contributed by atoms with van der Waals surface area (Å²) in [5.41, 5.74) is 0.134. The minimum atomic E-state index is -0.528. The highest BCUT2D eigenvalue weighted by atomic mass is 79.9. The van der Waals surface area contributed by atoms with Crippen LogP contribution in [0.5, 0.6) is 0 Å². The highest BCUT2D eigenvalue weighted by Gasteiger charge is 2.19. The average molecular weight is 364 g/mol. The number of carbonyl (C=O) groups is 1. The lowest BCUT2D eigenvalue weighted by molar-refractivity contribution is -0.385. The van der Waals surface area contributed by atoms with Gasteiger partial charge in [0, 0.05) is 34.1 Å². The third kappa shape index (κ3) is 4.76. The number of benzene rings is 1. The second kappa shape index (κ2) is 7.59. The molecule has 0 radical (unpaired) electrons. The fourth-order valence-electron chi connectivity index (χ4n) is 1.75. The van der Waals surface area contributed by atoms with Gasteiger partial charge in [-0.3, -0.25) is 14.9 Å². The zero-order valence-electron chi connectivity index (χ0n) is 11.2. The number of nitro benzene ring substituents is 1. The van der Waals surface area contributed by atoms with Crippen LogP contribution in [0.1, 0.15) is 30.6 Å². The van der Waals surface area contributed by atoms with Crippen molar-refractivity contribution in [1.29, 1.82) is 0 Å². The number of rotatable bonds is 6. The molecule has 7 heteroatoms. The van der Waals surface area contributed by atoms with Crippen molar-refractivity contribution in [1.82, 2.24) is 5.32 Å². The van der Waals surface area contributed by atoms with Crippen molar-refractivity contribution < 1.29 is 9.72 Å². The minimum absolute atomic E-state index is 0.0574. The number of alkyl halides is 1. The SMILES string of the molecule is CC(C)C(CCCl)NC(=O)c1cc(Br)cc([N+](=O)[O-])c1. The van der Waals surface area contributed by atoms with Gasteiger partial charge in [0.05, 0.1) is 4.92 Å². The molecule has 0 aliphatic carbocycles. The Morgan fingerprint density at radius 3 is 2.60 bits per heavy atom. The summed E-state index contributed by atoms with van der Waals surface area (Å²) in [5.74, 6) is 0.347. The van der Waals surface area contributed by atoms with E-state index in [1.807, 2.05) is 13.8 Å². The van der Waals surface area contributed by atoms with Gasteiger partial charge >= 0.3 is 0 Å². The van der Waals surface area contributed by atoms with E-state index in [-0.39, 0.29) is 29.1 Å². The lowest BCUT2D eigenvalue weighted by atomic mass is 10.0. The van der Waals surface area contributed by atoms with Crippen LogP contribution in [0.4, 0.5) is 5.69 Å². The Balaban J connectivity index is 2.94. The Kier molecular flexibility index (Phi) is 6.42. The van der Waals surface area contributed by atoms with E-state index in [9.17, 15) is 14.9 Å². The molecule has 0 saturated carbocycles. The second-order valence-electron chi connectivity index (χ2n) is 4.76. The maximum absolute atomic E-state index is 12.2. The molecule has 5 nitrogen and oxygen atoms in total. The summed E-state index contributed by atoms with van der Waals surface area (Å²) in [6, 6.07) is 4.12. The van der Waals surface area contributed by atoms with E-state index in [2.05, 4.69) is 21.2 Å². The first-order valence-corrected chi connectivity index (χ1v) is 7.49. The fourth-order valence-corrected chi connectivity index (χ4v) is 2.47. The molecule has 1 amide bonds. The maximum Gasteiger partial charge on any atom is 0.271 e. The van der Waals surface area contributed by atoms with Crippen LogP contribution in [0.3, 0.4) is 0 Å². The van der Waals surface area contributed by atoms with Crippen LogP contribution in [0.15, 0.2) is 22.7 Å². The molecule has 20 heavy (non-hydrogen) atoms. The molecule has 0 aliphatic heterocycles. The van der Waals surface area contributed by atoms with Crippen LogP contribution >= 0.6 is 27.5 Å². The first-order valence-electron chi connectivity index (χ1n) is 6.17. The van der Waals surface area contributed by atoms with Crippen LogP contribution in [-0.2, 0) is 0 Å². The van der Waals surface area contributed by atoms with Gasteiger partial charge in [-0.15, -0.1) is 11.6 Å². The van der Waals surface area contributed by atoms with Crippen molar-refractivity contribution in [3.8, 4) is 0 Å². The Bertz CT molecular complexity index is 508. The quantitative estimate of drug-likeness (QED) is 0.475. The Morgan fingerprint density at radius 2 is 2.10 bits per heavy atom. The standard InChI is InChI=1S/C13H16BrClN2O3/c1-8(2)12(3-4-15)16-13(18)9-5-10(14)7-11(6-9)17(19)20/h5-8,12H,3-4H2,1-2H3,(H,16,18). The smallest absolute Gasteiger partial charge is 0.271 e. The molecule has 0 spiro atoms. The summed E-state index contributed by atoms with van der Waals surface area (Å²) in [4.78, 5) is 22.4. The van der Waals surface area contributed by atoms with Crippen LogP contribution in [-0.4, -0.2) is 22.8 Å². The number of nitrogens with one attached hydrogen (secondary N) is 1. The van der Waals surface area contributed by atoms with Gasteiger partial charge in [0.2, 0.25) is 0 Å². The van der Waals surface area contributed by atoms with Gasteiger partial charge in [-0.1, -0.05) is 29.8 Å². The number of carbonyl (C=O) groups excluding carboxylic acids is 1. The van der Waals surface area contributed by atoms with Crippen molar-refractivity contribution in [2.75, 3.05) is 5.88 Å². The molecule has 0 saturated heterocycles. The van der Waals surface area contributed by atoms with Crippen LogP contribution < -0.4 is 5.32 Å². The van der Waals surface area contributed by atoms with Gasteiger partial charge in [-0.25, -0.2) is 0 Å². The molecule has 0 aromatic heterocycles. The Labute approximate surface area is 131 Å². The van der Waals surface area contributed by atoms with E-state index in [4.69, 9.17) is 11.6 Å². The zero-order chi connectivity index (χ0) is 15.3. The lowest BCUT2D eigenvalue weighted by Gasteiger charge is -2.21. The topological polar surface area (TPSA) is 72.2 Å². The van der Waals surface area contributed by atoms with Crippen molar-refractivity contribution in [3.63, 3.8) is 0 Å². The van der Waals surface area contributed by atoms with E-state index in [1.165, 1.54) is 12.1 Å². The number of nitro groups is 1. The number of non-ortho nitro benzene ring substituents is 1. The molecule has 1 unspecified atom stereocenters. The number of nitrogens with zero attached hydrogens (tertiary/aromatic N) is 1. The highest BCUT2D eigenvalue weighted by Crippen LogP contribution is 2.21. The number of amides is 1. The Hall–Kier alpha value is -1.14. The van der Waals surface area contributed by atoms with Gasteiger partial charge in [-0.05, 0) is 18.4 Å². The van der Waals surface area contributed by atoms with Gasteiger partial charge in [0.25, 0.3) is 11.6 Å². The van der Waals surface area contributed by atoms with Crippen LogP contribution in [0.25, 0.3) is 0 Å². The van der Waals surface area contributed by atoms with Gasteiger partial charge in [0.1, 0.15) is 0 Å². The van der Waals surface area contributed by atoms with E-state index >= 15 is 0 Å². The van der Waals surface area contributed by atoms with Gasteiger partial charge in [-0.2, -0.15) is 0 Å². The summed E-state index contributed by atoms with van der Waals surface area (Å²) in [6.45, 7) is 3.97. The fraction of sp³-hybridized carbons (Fsp3) is 0.462. The zero-order valence-corrected chi connectivity index (χ0v) is 13.6. The van der Waals surface area contributed by atoms with Crippen molar-refractivity contribution in [2.24, 2.45) is 5.92 Å². The maximum atomic E-state index is 12.2. The predicted octanol–water partition coefficient (Wildman–Crippen LogP) is 3.74. The third-order valence-corrected chi connectivity index (χ3v) is 3.57. The average Bonchev–Trinajstić information content (AvgIpc) is 2.37. The number of hydrogen-bond acceptors (Lipinski definition) is 3. The largest absolute Gasteiger partial charge is 0.349 e. The van der Waals surface area contributed by atoms with E-state index < -0.39 is 4.92 Å². The van der Waals surface area contributed by atoms with Crippen molar-refractivity contribution in [2.45, 2.75) is 26.3 Å². The Morgan fingerprint density at radius 1 is 1.45 bits per heavy atom. The summed E-state index contributed by atoms with van der Waals surface area (Å²) >= 11 is 8.88. The van der Waals surface area contributed by atoms with E-state index in [0.29, 0.717) is 16.8 Å². The van der Waals surface area contributed by atoms with E-state index in [1.54, 1.807) is 6.07 Å². The molecule has 1 aromatic carbocycles. The number of hydrogen-bond donors (Lipinski definition) is 1. The molecule has 0 bridgehead atoms. The minimum Gasteiger partial charge on any atom is -0.349 e. The van der Waals surface area contributed by atoms with Crippen molar-refractivity contribution >= 4 is 39.1 Å². The summed E-state index contributed by atoms with van der Waals surface area (Å²) < 4.78 is 0.496. The first kappa shape index (κ1) is 16.9. The lowest BCUT2D eigenvalue weighted by Crippen LogP contribution is -2.38. The molecule has 1 N–H and O–H groups in total. The van der Waals surface area contributed by atoms with Crippen molar-refractivity contribution in [3.05, 3.63) is 38.3 Å². The molecular weight excluding hydrogens is 348 g/mol. The normalized spacial score (nSPS) is 12.2. The molecule has 0 fully saturated rings. The summed E-state index contributed by atoms with van der Waals surface area (Å²) in [6.07, 6.45) is 0.654. The first-order chi connectivity index (χ1) is 9.35. The summed E-state index contributed by atoms with van der Waals surface area (Å²) in [5, 5.41) is 13.7. The molecule has 0 heterocycles. The van der Waals surface area contributed by atoms with Crippen LogP contribution in [0, 0.1) is 16.0 Å². The van der Waals surface area contributed by atoms with Crippen LogP contribution in [0.2, 0.25) is 0 Å². The summed E-state index contributed by atoms with van der Waals surface area (Å²) in [7, 11) is 0. The van der Waals surface area contributed by atoms with Gasteiger partial charge in [0.15, 0.2) is 0 Å². The monoisotopic (exact) mass is 362 g/mol. The molecular formula is C13H16BrClN2O3. The highest BCUT2D eigenvalue weighted by molar-refractivity contribution is 9.10. The predicted molar refractivity (Wildman–Crippen MR) is 82.2 cm³/mol. The molecule has 0 aliphatic rings. The van der Waals surface area contributed by atoms with Gasteiger partial charge < -0.3 is 5.32 Å². The second-order valence-corrected chi connectivity index (χ2v) is 6.05. The molecule has 110 valence electrons. The van der Waals surface area contributed by atoms with E-state index in [0.717, 1.165) is 0 Å². The molecule has 1 aromatic rings. The molecule has 1 atom stereocenters. The molecule has 1 rings (SSSR count). The number of halogens is 2. The third-order valence-electron chi connectivity index (χ3n) is 2.90.